The molecular weight excluding hydrogens is 366 g/mol. The van der Waals surface area contributed by atoms with Crippen molar-refractivity contribution in [2.24, 2.45) is 11.8 Å². The van der Waals surface area contributed by atoms with Crippen molar-refractivity contribution in [3.63, 3.8) is 0 Å². The Bertz CT molecular complexity index is 888. The predicted octanol–water partition coefficient (Wildman–Crippen LogP) is 2.98. The van der Waals surface area contributed by atoms with Gasteiger partial charge in [-0.15, -0.1) is 0 Å². The summed E-state index contributed by atoms with van der Waals surface area (Å²) in [4.78, 5) is 27.8. The highest BCUT2D eigenvalue weighted by Crippen LogP contribution is 2.39. The average Bonchev–Trinajstić information content (AvgIpc) is 3.51. The third-order valence-electron chi connectivity index (χ3n) is 5.81. The quantitative estimate of drug-likeness (QED) is 0.789. The number of piperazine rings is 1. The minimum absolute atomic E-state index is 0.197. The number of carbonyl (C=O) groups is 2. The Labute approximate surface area is 171 Å². The predicted molar refractivity (Wildman–Crippen MR) is 113 cm³/mol. The zero-order valence-electron chi connectivity index (χ0n) is 16.7. The number of carboxylic acid groups (broad SMARTS) is 1. The van der Waals surface area contributed by atoms with Crippen LogP contribution in [0.3, 0.4) is 0 Å². The topological polar surface area (TPSA) is 72.9 Å². The molecule has 1 saturated heterocycles. The van der Waals surface area contributed by atoms with E-state index in [0.29, 0.717) is 6.42 Å². The Kier molecular flexibility index (Phi) is 5.53. The Morgan fingerprint density at radius 3 is 2.38 bits per heavy atom. The number of nitrogens with one attached hydrogen (secondary N) is 1. The largest absolute Gasteiger partial charge is 0.481 e. The molecule has 2 N–H and O–H groups in total. The second-order valence-corrected chi connectivity index (χ2v) is 8.08. The van der Waals surface area contributed by atoms with Crippen molar-refractivity contribution in [2.45, 2.75) is 19.9 Å². The molecule has 1 aliphatic heterocycles. The van der Waals surface area contributed by atoms with Gasteiger partial charge in [-0.3, -0.25) is 14.5 Å². The lowest BCUT2D eigenvalue weighted by molar-refractivity contribution is -0.139. The van der Waals surface area contributed by atoms with Gasteiger partial charge in [-0.25, -0.2) is 0 Å². The van der Waals surface area contributed by atoms with Gasteiger partial charge < -0.3 is 15.3 Å². The zero-order valence-corrected chi connectivity index (χ0v) is 16.7. The van der Waals surface area contributed by atoms with Gasteiger partial charge in [0.2, 0.25) is 5.91 Å². The lowest BCUT2D eigenvalue weighted by Gasteiger charge is -2.36. The molecule has 6 heteroatoms. The second kappa shape index (κ2) is 8.25. The Morgan fingerprint density at radius 2 is 1.76 bits per heavy atom. The molecule has 1 heterocycles. The summed E-state index contributed by atoms with van der Waals surface area (Å²) in [5.41, 5.74) is 4.52. The molecule has 29 heavy (non-hydrogen) atoms. The first-order valence-corrected chi connectivity index (χ1v) is 10.2. The summed E-state index contributed by atoms with van der Waals surface area (Å²) in [5.74, 6) is -2.00. The molecule has 6 nitrogen and oxygen atoms in total. The summed E-state index contributed by atoms with van der Waals surface area (Å²) in [6, 6.07) is 16.5. The van der Waals surface area contributed by atoms with E-state index in [4.69, 9.17) is 5.11 Å². The van der Waals surface area contributed by atoms with Crippen molar-refractivity contribution in [1.29, 1.82) is 0 Å². The van der Waals surface area contributed by atoms with Crippen molar-refractivity contribution in [2.75, 3.05) is 36.4 Å². The fraction of sp³-hybridized carbons (Fsp3) is 0.391. The summed E-state index contributed by atoms with van der Waals surface area (Å²) in [6.07, 6.45) is 0.438. The van der Waals surface area contributed by atoms with Gasteiger partial charge in [-0.05, 0) is 48.7 Å². The highest BCUT2D eigenvalue weighted by molar-refractivity contribution is 5.98. The SMILES string of the molecule is Cc1cccc(N2CCN(Cc3ccc(NC(=O)[C@@H]4C[C@H]4C(=O)O)cc3)CC2)c1. The van der Waals surface area contributed by atoms with E-state index >= 15 is 0 Å². The maximum Gasteiger partial charge on any atom is 0.307 e. The molecule has 2 fully saturated rings. The van der Waals surface area contributed by atoms with E-state index in [1.165, 1.54) is 16.8 Å². The Hall–Kier alpha value is -2.86. The van der Waals surface area contributed by atoms with E-state index in [9.17, 15) is 9.59 Å². The number of anilines is 2. The maximum atomic E-state index is 12.1. The smallest absolute Gasteiger partial charge is 0.307 e. The number of aryl methyl sites for hydroxylation is 1. The standard InChI is InChI=1S/C23H27N3O3/c1-16-3-2-4-19(13-16)26-11-9-25(10-12-26)15-17-5-7-18(8-6-17)24-22(27)20-14-21(20)23(28)29/h2-8,13,20-21H,9-12,14-15H2,1H3,(H,24,27)(H,28,29)/t20-,21-/m1/s1. The Morgan fingerprint density at radius 1 is 1.03 bits per heavy atom. The Balaban J connectivity index is 1.25. The van der Waals surface area contributed by atoms with Gasteiger partial charge in [0.25, 0.3) is 0 Å². The summed E-state index contributed by atoms with van der Waals surface area (Å²) in [5, 5.41) is 11.8. The minimum Gasteiger partial charge on any atom is -0.481 e. The van der Waals surface area contributed by atoms with Crippen LogP contribution in [0.1, 0.15) is 17.5 Å². The molecule has 2 aliphatic rings. The van der Waals surface area contributed by atoms with Crippen molar-refractivity contribution >= 4 is 23.3 Å². The number of amides is 1. The first kappa shape index (κ1) is 19.5. The highest BCUT2D eigenvalue weighted by Gasteiger charge is 2.48. The van der Waals surface area contributed by atoms with Crippen molar-refractivity contribution in [1.82, 2.24) is 4.90 Å². The van der Waals surface area contributed by atoms with Crippen molar-refractivity contribution in [3.8, 4) is 0 Å². The third kappa shape index (κ3) is 4.77. The normalized spacial score (nSPS) is 21.6. The first-order valence-electron chi connectivity index (χ1n) is 10.2. The number of hydrogen-bond donors (Lipinski definition) is 2. The molecule has 1 aliphatic carbocycles. The monoisotopic (exact) mass is 393 g/mol. The van der Waals surface area contributed by atoms with Crippen LogP contribution in [0, 0.1) is 18.8 Å². The molecule has 0 spiro atoms. The minimum atomic E-state index is -0.886. The van der Waals surface area contributed by atoms with E-state index in [-0.39, 0.29) is 5.91 Å². The fourth-order valence-corrected chi connectivity index (χ4v) is 3.93. The lowest BCUT2D eigenvalue weighted by atomic mass is 10.1. The number of nitrogens with zero attached hydrogens (tertiary/aromatic N) is 2. The van der Waals surface area contributed by atoms with Gasteiger partial charge >= 0.3 is 5.97 Å². The molecule has 1 amide bonds. The van der Waals surface area contributed by atoms with Crippen LogP contribution in [-0.2, 0) is 16.1 Å². The van der Waals surface area contributed by atoms with Gasteiger partial charge in [0, 0.05) is 44.1 Å². The summed E-state index contributed by atoms with van der Waals surface area (Å²) < 4.78 is 0. The van der Waals surface area contributed by atoms with E-state index in [1.807, 2.05) is 24.3 Å². The van der Waals surface area contributed by atoms with Gasteiger partial charge in [-0.2, -0.15) is 0 Å². The van der Waals surface area contributed by atoms with Crippen LogP contribution in [0.2, 0.25) is 0 Å². The molecule has 2 aromatic carbocycles. The molecule has 2 aromatic rings. The van der Waals surface area contributed by atoms with Crippen LogP contribution in [0.15, 0.2) is 48.5 Å². The lowest BCUT2D eigenvalue weighted by Crippen LogP contribution is -2.45. The van der Waals surface area contributed by atoms with Crippen LogP contribution < -0.4 is 10.2 Å². The van der Waals surface area contributed by atoms with Gasteiger partial charge in [0.15, 0.2) is 0 Å². The highest BCUT2D eigenvalue weighted by atomic mass is 16.4. The van der Waals surface area contributed by atoms with Gasteiger partial charge in [0.1, 0.15) is 0 Å². The van der Waals surface area contributed by atoms with Crippen LogP contribution in [-0.4, -0.2) is 48.1 Å². The molecule has 0 unspecified atom stereocenters. The number of aliphatic carboxylic acids is 1. The molecule has 4 rings (SSSR count). The van der Waals surface area contributed by atoms with E-state index in [1.54, 1.807) is 0 Å². The number of hydrogen-bond acceptors (Lipinski definition) is 4. The van der Waals surface area contributed by atoms with Crippen LogP contribution in [0.5, 0.6) is 0 Å². The van der Waals surface area contributed by atoms with Gasteiger partial charge in [0.05, 0.1) is 11.8 Å². The number of carbonyl (C=O) groups excluding carboxylic acids is 1. The van der Waals surface area contributed by atoms with Crippen LogP contribution in [0.4, 0.5) is 11.4 Å². The maximum absolute atomic E-state index is 12.1. The van der Waals surface area contributed by atoms with Crippen molar-refractivity contribution in [3.05, 3.63) is 59.7 Å². The molecule has 0 bridgehead atoms. The number of rotatable bonds is 6. The average molecular weight is 393 g/mol. The second-order valence-electron chi connectivity index (χ2n) is 8.08. The number of benzene rings is 2. The summed E-state index contributed by atoms with van der Waals surface area (Å²) in [6.45, 7) is 7.09. The molecule has 2 atom stereocenters. The van der Waals surface area contributed by atoms with E-state index in [2.05, 4.69) is 46.3 Å². The summed E-state index contributed by atoms with van der Waals surface area (Å²) >= 11 is 0. The van der Waals surface area contributed by atoms with Crippen LogP contribution >= 0.6 is 0 Å². The first-order chi connectivity index (χ1) is 14.0. The zero-order chi connectivity index (χ0) is 20.4. The van der Waals surface area contributed by atoms with Gasteiger partial charge in [-0.1, -0.05) is 24.3 Å². The summed E-state index contributed by atoms with van der Waals surface area (Å²) in [7, 11) is 0. The molecular formula is C23H27N3O3. The fourth-order valence-electron chi connectivity index (χ4n) is 3.93. The molecule has 152 valence electrons. The molecule has 1 saturated carbocycles. The van der Waals surface area contributed by atoms with E-state index in [0.717, 1.165) is 38.4 Å². The molecule has 0 aromatic heterocycles. The van der Waals surface area contributed by atoms with Crippen LogP contribution in [0.25, 0.3) is 0 Å². The van der Waals surface area contributed by atoms with Crippen molar-refractivity contribution < 1.29 is 14.7 Å². The molecule has 0 radical (unpaired) electrons. The third-order valence-corrected chi connectivity index (χ3v) is 5.81. The number of carboxylic acids is 1. The van der Waals surface area contributed by atoms with E-state index < -0.39 is 17.8 Å².